The van der Waals surface area contributed by atoms with E-state index in [-0.39, 0.29) is 0 Å². The molecule has 0 bridgehead atoms. The topological polar surface area (TPSA) is 42.8 Å². The van der Waals surface area contributed by atoms with E-state index in [1.807, 2.05) is 49.4 Å². The molecule has 2 aromatic rings. The van der Waals surface area contributed by atoms with Crippen molar-refractivity contribution in [2.24, 2.45) is 5.10 Å². The molecule has 0 spiro atoms. The molecular weight excluding hydrogens is 276 g/mol. The van der Waals surface area contributed by atoms with Crippen LogP contribution in [-0.4, -0.2) is 19.9 Å². The van der Waals surface area contributed by atoms with Crippen molar-refractivity contribution in [3.63, 3.8) is 0 Å². The van der Waals surface area contributed by atoms with Crippen molar-refractivity contribution in [3.05, 3.63) is 66.2 Å². The maximum absolute atomic E-state index is 5.52. The van der Waals surface area contributed by atoms with Gasteiger partial charge in [0.2, 0.25) is 0 Å². The largest absolute Gasteiger partial charge is 0.493 e. The number of hydrogen-bond acceptors (Lipinski definition) is 4. The van der Waals surface area contributed by atoms with Crippen LogP contribution in [0.2, 0.25) is 0 Å². The first-order chi connectivity index (χ1) is 10.7. The zero-order valence-corrected chi connectivity index (χ0v) is 12.9. The number of hydrogen-bond donors (Lipinski definition) is 1. The van der Waals surface area contributed by atoms with Gasteiger partial charge in [0.05, 0.1) is 19.0 Å². The Morgan fingerprint density at radius 2 is 2.05 bits per heavy atom. The fourth-order valence-corrected chi connectivity index (χ4v) is 1.93. The minimum absolute atomic E-state index is 0.443. The molecule has 0 amide bonds. The van der Waals surface area contributed by atoms with Crippen LogP contribution in [0.15, 0.2) is 60.2 Å². The van der Waals surface area contributed by atoms with E-state index in [0.29, 0.717) is 18.1 Å². The smallest absolute Gasteiger partial charge is 0.161 e. The molecule has 0 saturated heterocycles. The van der Waals surface area contributed by atoms with Crippen LogP contribution in [0.1, 0.15) is 11.1 Å². The quantitative estimate of drug-likeness (QED) is 0.477. The van der Waals surface area contributed by atoms with Crippen LogP contribution < -0.4 is 14.9 Å². The number of benzene rings is 2. The predicted molar refractivity (Wildman–Crippen MR) is 91.1 cm³/mol. The zero-order chi connectivity index (χ0) is 15.8. The molecule has 22 heavy (non-hydrogen) atoms. The third-order valence-electron chi connectivity index (χ3n) is 2.97. The third-order valence-corrected chi connectivity index (χ3v) is 2.97. The normalized spacial score (nSPS) is 10.5. The molecule has 4 heteroatoms. The monoisotopic (exact) mass is 296 g/mol. The lowest BCUT2D eigenvalue weighted by Gasteiger charge is -2.09. The predicted octanol–water partition coefficient (Wildman–Crippen LogP) is 4.01. The van der Waals surface area contributed by atoms with Crippen LogP contribution in [-0.2, 0) is 0 Å². The van der Waals surface area contributed by atoms with E-state index >= 15 is 0 Å². The second-order valence-corrected chi connectivity index (χ2v) is 4.75. The van der Waals surface area contributed by atoms with E-state index in [9.17, 15) is 0 Å². The van der Waals surface area contributed by atoms with E-state index in [0.717, 1.165) is 11.3 Å². The number of ether oxygens (including phenoxy) is 2. The molecule has 0 unspecified atom stereocenters. The van der Waals surface area contributed by atoms with Crippen molar-refractivity contribution in [2.45, 2.75) is 6.92 Å². The SMILES string of the molecule is C=CCOc1ccc(/C=N\Nc2cccc(C)c2)cc1OC. The lowest BCUT2D eigenvalue weighted by Crippen LogP contribution is -1.97. The molecular formula is C18H20N2O2. The van der Waals surface area contributed by atoms with Crippen molar-refractivity contribution >= 4 is 11.9 Å². The van der Waals surface area contributed by atoms with Gasteiger partial charge in [0, 0.05) is 0 Å². The molecule has 0 atom stereocenters. The van der Waals surface area contributed by atoms with Crippen LogP contribution in [0.5, 0.6) is 11.5 Å². The first-order valence-electron chi connectivity index (χ1n) is 7.00. The Hall–Kier alpha value is -2.75. The molecule has 2 aromatic carbocycles. The van der Waals surface area contributed by atoms with Gasteiger partial charge < -0.3 is 9.47 Å². The molecule has 114 valence electrons. The molecule has 1 N–H and O–H groups in total. The third kappa shape index (κ3) is 4.38. The highest BCUT2D eigenvalue weighted by Crippen LogP contribution is 2.27. The van der Waals surface area contributed by atoms with Gasteiger partial charge in [0.15, 0.2) is 11.5 Å². The summed E-state index contributed by atoms with van der Waals surface area (Å²) in [5, 5.41) is 4.23. The van der Waals surface area contributed by atoms with Crippen LogP contribution in [0, 0.1) is 6.92 Å². The second kappa shape index (κ2) is 7.88. The molecule has 0 fully saturated rings. The van der Waals surface area contributed by atoms with Crippen molar-refractivity contribution < 1.29 is 9.47 Å². The number of methoxy groups -OCH3 is 1. The van der Waals surface area contributed by atoms with E-state index < -0.39 is 0 Å². The van der Waals surface area contributed by atoms with Gasteiger partial charge in [-0.15, -0.1) is 0 Å². The maximum Gasteiger partial charge on any atom is 0.161 e. The molecule has 0 aliphatic heterocycles. The highest BCUT2D eigenvalue weighted by Gasteiger charge is 2.04. The standard InChI is InChI=1S/C18H20N2O2/c1-4-10-22-17-9-8-15(12-18(17)21-3)13-19-20-16-7-5-6-14(2)11-16/h4-9,11-13,20H,1,10H2,2-3H3/b19-13-. The van der Waals surface area contributed by atoms with Gasteiger partial charge in [-0.25, -0.2) is 0 Å². The van der Waals surface area contributed by atoms with Gasteiger partial charge in [0.1, 0.15) is 6.61 Å². The Labute approximate surface area is 131 Å². The molecule has 2 rings (SSSR count). The van der Waals surface area contributed by atoms with E-state index in [4.69, 9.17) is 9.47 Å². The first-order valence-corrected chi connectivity index (χ1v) is 7.00. The summed E-state index contributed by atoms with van der Waals surface area (Å²) in [5.74, 6) is 1.35. The fraction of sp³-hybridized carbons (Fsp3) is 0.167. The number of nitrogens with one attached hydrogen (secondary N) is 1. The van der Waals surface area contributed by atoms with Crippen LogP contribution >= 0.6 is 0 Å². The number of rotatable bonds is 7. The van der Waals surface area contributed by atoms with Crippen LogP contribution in [0.3, 0.4) is 0 Å². The molecule has 0 heterocycles. The van der Waals surface area contributed by atoms with Crippen LogP contribution in [0.25, 0.3) is 0 Å². The molecule has 0 aliphatic rings. The minimum Gasteiger partial charge on any atom is -0.493 e. The Morgan fingerprint density at radius 1 is 1.18 bits per heavy atom. The highest BCUT2D eigenvalue weighted by molar-refractivity contribution is 5.81. The van der Waals surface area contributed by atoms with Gasteiger partial charge in [0.25, 0.3) is 0 Å². The number of anilines is 1. The second-order valence-electron chi connectivity index (χ2n) is 4.75. The van der Waals surface area contributed by atoms with E-state index in [2.05, 4.69) is 17.1 Å². The number of hydrazone groups is 1. The molecule has 0 aliphatic carbocycles. The summed E-state index contributed by atoms with van der Waals surface area (Å²) in [5.41, 5.74) is 6.06. The summed E-state index contributed by atoms with van der Waals surface area (Å²) < 4.78 is 10.8. The zero-order valence-electron chi connectivity index (χ0n) is 12.9. The summed E-state index contributed by atoms with van der Waals surface area (Å²) in [7, 11) is 1.61. The number of nitrogens with zero attached hydrogens (tertiary/aromatic N) is 1. The summed E-state index contributed by atoms with van der Waals surface area (Å²) in [6.07, 6.45) is 3.43. The summed E-state index contributed by atoms with van der Waals surface area (Å²) in [4.78, 5) is 0. The Balaban J connectivity index is 2.05. The van der Waals surface area contributed by atoms with Crippen molar-refractivity contribution in [1.29, 1.82) is 0 Å². The minimum atomic E-state index is 0.443. The summed E-state index contributed by atoms with van der Waals surface area (Å²) in [6, 6.07) is 13.7. The van der Waals surface area contributed by atoms with Crippen LogP contribution in [0.4, 0.5) is 5.69 Å². The van der Waals surface area contributed by atoms with Gasteiger partial charge in [-0.05, 0) is 48.4 Å². The Kier molecular flexibility index (Phi) is 5.60. The van der Waals surface area contributed by atoms with Gasteiger partial charge in [-0.3, -0.25) is 5.43 Å². The van der Waals surface area contributed by atoms with Crippen molar-refractivity contribution in [2.75, 3.05) is 19.1 Å². The Morgan fingerprint density at radius 3 is 2.77 bits per heavy atom. The molecule has 0 radical (unpaired) electrons. The van der Waals surface area contributed by atoms with Crippen molar-refractivity contribution in [1.82, 2.24) is 0 Å². The highest BCUT2D eigenvalue weighted by atomic mass is 16.5. The van der Waals surface area contributed by atoms with Gasteiger partial charge in [-0.2, -0.15) is 5.10 Å². The fourth-order valence-electron chi connectivity index (χ4n) is 1.93. The van der Waals surface area contributed by atoms with E-state index in [1.54, 1.807) is 19.4 Å². The van der Waals surface area contributed by atoms with Gasteiger partial charge >= 0.3 is 0 Å². The Bertz CT molecular complexity index is 666. The molecule has 4 nitrogen and oxygen atoms in total. The maximum atomic E-state index is 5.52. The summed E-state index contributed by atoms with van der Waals surface area (Å²) >= 11 is 0. The van der Waals surface area contributed by atoms with E-state index in [1.165, 1.54) is 5.56 Å². The molecule has 0 aromatic heterocycles. The summed E-state index contributed by atoms with van der Waals surface area (Å²) in [6.45, 7) is 6.12. The number of aryl methyl sites for hydroxylation is 1. The first kappa shape index (κ1) is 15.6. The lowest BCUT2D eigenvalue weighted by atomic mass is 10.2. The lowest BCUT2D eigenvalue weighted by molar-refractivity contribution is 0.326. The van der Waals surface area contributed by atoms with Gasteiger partial charge in [-0.1, -0.05) is 24.8 Å². The van der Waals surface area contributed by atoms with Crippen molar-refractivity contribution in [3.8, 4) is 11.5 Å². The average molecular weight is 296 g/mol. The average Bonchev–Trinajstić information content (AvgIpc) is 2.53. The molecule has 0 saturated carbocycles.